The molecule has 1 aromatic rings. The lowest BCUT2D eigenvalue weighted by Gasteiger charge is -2.02. The van der Waals surface area contributed by atoms with E-state index in [-0.39, 0.29) is 6.04 Å². The maximum atomic E-state index is 6.04. The number of hydrogen-bond acceptors (Lipinski definition) is 3. The molecule has 1 aliphatic heterocycles. The molecule has 0 aliphatic carbocycles. The van der Waals surface area contributed by atoms with Gasteiger partial charge < -0.3 is 10.5 Å². The van der Waals surface area contributed by atoms with Crippen molar-refractivity contribution in [3.63, 3.8) is 0 Å². The summed E-state index contributed by atoms with van der Waals surface area (Å²) in [7, 11) is 0. The van der Waals surface area contributed by atoms with Crippen LogP contribution < -0.4 is 5.73 Å². The van der Waals surface area contributed by atoms with E-state index in [1.54, 1.807) is 0 Å². The maximum absolute atomic E-state index is 6.04. The highest BCUT2D eigenvalue weighted by Gasteiger charge is 2.20. The van der Waals surface area contributed by atoms with Crippen molar-refractivity contribution in [1.29, 1.82) is 0 Å². The molecule has 0 bridgehead atoms. The first-order valence-corrected chi connectivity index (χ1v) is 5.34. The summed E-state index contributed by atoms with van der Waals surface area (Å²) < 4.78 is 5.50. The van der Waals surface area contributed by atoms with Gasteiger partial charge in [-0.25, -0.2) is 4.99 Å². The number of ether oxygens (including phenoxy) is 1. The molecule has 0 spiro atoms. The molecule has 0 aromatic heterocycles. The molecule has 1 heterocycles. The molecular formula is C11H13ClN2O. The minimum Gasteiger partial charge on any atom is -0.475 e. The molecule has 1 atom stereocenters. The average molecular weight is 225 g/mol. The van der Waals surface area contributed by atoms with Gasteiger partial charge in [0.2, 0.25) is 5.90 Å². The highest BCUT2D eigenvalue weighted by atomic mass is 35.5. The summed E-state index contributed by atoms with van der Waals surface area (Å²) in [5.41, 5.74) is 6.33. The topological polar surface area (TPSA) is 47.6 Å². The van der Waals surface area contributed by atoms with Crippen LogP contribution in [0.3, 0.4) is 0 Å². The number of nitrogens with two attached hydrogens (primary N) is 1. The quantitative estimate of drug-likeness (QED) is 0.852. The van der Waals surface area contributed by atoms with Gasteiger partial charge in [0.1, 0.15) is 6.61 Å². The molecule has 80 valence electrons. The van der Waals surface area contributed by atoms with Gasteiger partial charge in [0.15, 0.2) is 0 Å². The Labute approximate surface area is 93.9 Å². The molecular weight excluding hydrogens is 212 g/mol. The van der Waals surface area contributed by atoms with Crippen molar-refractivity contribution < 1.29 is 4.74 Å². The molecule has 3 nitrogen and oxygen atoms in total. The Morgan fingerprint density at radius 2 is 2.27 bits per heavy atom. The second kappa shape index (κ2) is 4.64. The second-order valence-electron chi connectivity index (χ2n) is 3.46. The zero-order valence-corrected chi connectivity index (χ0v) is 9.07. The highest BCUT2D eigenvalue weighted by Crippen LogP contribution is 2.20. The molecule has 15 heavy (non-hydrogen) atoms. The van der Waals surface area contributed by atoms with Gasteiger partial charge in [-0.3, -0.25) is 0 Å². The van der Waals surface area contributed by atoms with E-state index in [1.165, 1.54) is 0 Å². The van der Waals surface area contributed by atoms with Crippen LogP contribution in [0.4, 0.5) is 0 Å². The Kier molecular flexibility index (Phi) is 3.23. The van der Waals surface area contributed by atoms with Gasteiger partial charge in [0, 0.05) is 0 Å². The molecule has 1 aliphatic rings. The van der Waals surface area contributed by atoms with E-state index in [0.29, 0.717) is 24.1 Å². The van der Waals surface area contributed by atoms with Crippen LogP contribution in [0.15, 0.2) is 29.3 Å². The van der Waals surface area contributed by atoms with Crippen LogP contribution in [0.2, 0.25) is 5.02 Å². The van der Waals surface area contributed by atoms with E-state index in [2.05, 4.69) is 4.99 Å². The van der Waals surface area contributed by atoms with Gasteiger partial charge in [-0.05, 0) is 25.1 Å². The first kappa shape index (κ1) is 10.5. The van der Waals surface area contributed by atoms with Gasteiger partial charge in [0.05, 0.1) is 16.6 Å². The first-order chi connectivity index (χ1) is 7.31. The minimum absolute atomic E-state index is 0.182. The molecule has 4 heteroatoms. The second-order valence-corrected chi connectivity index (χ2v) is 3.86. The van der Waals surface area contributed by atoms with Gasteiger partial charge in [0.25, 0.3) is 0 Å². The zero-order valence-electron chi connectivity index (χ0n) is 8.32. The van der Waals surface area contributed by atoms with Crippen molar-refractivity contribution >= 4 is 17.5 Å². The van der Waals surface area contributed by atoms with Crippen molar-refractivity contribution in [3.8, 4) is 0 Å². The molecule has 0 saturated heterocycles. The third-order valence-electron chi connectivity index (χ3n) is 2.32. The summed E-state index contributed by atoms with van der Waals surface area (Å²) in [6.45, 7) is 1.24. The number of rotatable bonds is 3. The van der Waals surface area contributed by atoms with Crippen molar-refractivity contribution in [1.82, 2.24) is 0 Å². The fraction of sp³-hybridized carbons (Fsp3) is 0.364. The Morgan fingerprint density at radius 3 is 3.00 bits per heavy atom. The minimum atomic E-state index is 0.182. The summed E-state index contributed by atoms with van der Waals surface area (Å²) in [6, 6.07) is 7.73. The number of nitrogens with zero attached hydrogens (tertiary/aromatic N) is 1. The fourth-order valence-corrected chi connectivity index (χ4v) is 1.75. The third-order valence-corrected chi connectivity index (χ3v) is 2.65. The molecule has 2 rings (SSSR count). The average Bonchev–Trinajstić information content (AvgIpc) is 2.68. The molecule has 0 radical (unpaired) electrons. The number of hydrogen-bond donors (Lipinski definition) is 1. The standard InChI is InChI=1S/C11H13ClN2O/c12-10-4-2-1-3-9(10)11-14-8(5-6-13)7-15-11/h1-4,8H,5-7,13H2. The highest BCUT2D eigenvalue weighted by molar-refractivity contribution is 6.33. The number of aliphatic imine (C=N–C) groups is 1. The smallest absolute Gasteiger partial charge is 0.218 e. The van der Waals surface area contributed by atoms with Crippen LogP contribution in [-0.4, -0.2) is 25.1 Å². The van der Waals surface area contributed by atoms with Gasteiger partial charge >= 0.3 is 0 Å². The van der Waals surface area contributed by atoms with Gasteiger partial charge in [-0.1, -0.05) is 23.7 Å². The van der Waals surface area contributed by atoms with Crippen molar-refractivity contribution in [2.45, 2.75) is 12.5 Å². The molecule has 1 unspecified atom stereocenters. The van der Waals surface area contributed by atoms with E-state index >= 15 is 0 Å². The van der Waals surface area contributed by atoms with Crippen molar-refractivity contribution in [2.24, 2.45) is 10.7 Å². The predicted octanol–water partition coefficient (Wildman–Crippen LogP) is 1.83. The largest absolute Gasteiger partial charge is 0.475 e. The van der Waals surface area contributed by atoms with Crippen LogP contribution in [0.5, 0.6) is 0 Å². The molecule has 0 saturated carbocycles. The van der Waals surface area contributed by atoms with Gasteiger partial charge in [-0.2, -0.15) is 0 Å². The van der Waals surface area contributed by atoms with Crippen LogP contribution in [0, 0.1) is 0 Å². The molecule has 1 aromatic carbocycles. The number of halogens is 1. The fourth-order valence-electron chi connectivity index (χ4n) is 1.54. The lowest BCUT2D eigenvalue weighted by atomic mass is 10.2. The van der Waals surface area contributed by atoms with Crippen LogP contribution in [0.1, 0.15) is 12.0 Å². The number of benzene rings is 1. The zero-order chi connectivity index (χ0) is 10.7. The van der Waals surface area contributed by atoms with Crippen molar-refractivity contribution in [3.05, 3.63) is 34.9 Å². The van der Waals surface area contributed by atoms with Gasteiger partial charge in [-0.15, -0.1) is 0 Å². The van der Waals surface area contributed by atoms with E-state index in [4.69, 9.17) is 22.1 Å². The summed E-state index contributed by atoms with van der Waals surface area (Å²) in [5.74, 6) is 0.638. The molecule has 0 amide bonds. The van der Waals surface area contributed by atoms with Crippen molar-refractivity contribution in [2.75, 3.05) is 13.2 Å². The summed E-state index contributed by atoms with van der Waals surface area (Å²) in [5, 5.41) is 0.671. The Hall–Kier alpha value is -1.06. The van der Waals surface area contributed by atoms with E-state index in [1.807, 2.05) is 24.3 Å². The summed E-state index contributed by atoms with van der Waals surface area (Å²) >= 11 is 6.04. The summed E-state index contributed by atoms with van der Waals surface area (Å²) in [4.78, 5) is 4.44. The summed E-state index contributed by atoms with van der Waals surface area (Å²) in [6.07, 6.45) is 0.855. The Morgan fingerprint density at radius 1 is 1.47 bits per heavy atom. The van der Waals surface area contributed by atoms with Crippen LogP contribution >= 0.6 is 11.6 Å². The first-order valence-electron chi connectivity index (χ1n) is 4.97. The molecule has 0 fully saturated rings. The predicted molar refractivity (Wildman–Crippen MR) is 61.4 cm³/mol. The Balaban J connectivity index is 2.19. The van der Waals surface area contributed by atoms with E-state index in [0.717, 1.165) is 12.0 Å². The lowest BCUT2D eigenvalue weighted by molar-refractivity contribution is 0.313. The monoisotopic (exact) mass is 224 g/mol. The SMILES string of the molecule is NCCC1COC(c2ccccc2Cl)=N1. The Bertz CT molecular complexity index is 379. The third kappa shape index (κ3) is 2.30. The lowest BCUT2D eigenvalue weighted by Crippen LogP contribution is -2.12. The van der Waals surface area contributed by atoms with E-state index in [9.17, 15) is 0 Å². The molecule has 2 N–H and O–H groups in total. The maximum Gasteiger partial charge on any atom is 0.218 e. The van der Waals surface area contributed by atoms with E-state index < -0.39 is 0 Å². The van der Waals surface area contributed by atoms with Crippen LogP contribution in [-0.2, 0) is 4.74 Å². The normalized spacial score (nSPS) is 19.9. The van der Waals surface area contributed by atoms with Crippen LogP contribution in [0.25, 0.3) is 0 Å².